The fourth-order valence-electron chi connectivity index (χ4n) is 2.55. The minimum absolute atomic E-state index is 0.203. The zero-order chi connectivity index (χ0) is 24.3. The van der Waals surface area contributed by atoms with Gasteiger partial charge in [0.2, 0.25) is 5.82 Å². The maximum atomic E-state index is 13.7. The largest absolute Gasteiger partial charge is 0.295 e. The SMILES string of the molecule is O=[N+]([O-])c1cc(S(=O)(=O)Nc2ccccc2)ccc1N/N=C/c1c(F)c(F)c(F)c(F)c1F. The molecule has 172 valence electrons. The van der Waals surface area contributed by atoms with Gasteiger partial charge >= 0.3 is 0 Å². The lowest BCUT2D eigenvalue weighted by Crippen LogP contribution is -2.13. The Balaban J connectivity index is 1.91. The van der Waals surface area contributed by atoms with Crippen LogP contribution in [-0.2, 0) is 10.0 Å². The van der Waals surface area contributed by atoms with E-state index in [-0.39, 0.29) is 11.9 Å². The number of rotatable bonds is 7. The van der Waals surface area contributed by atoms with Gasteiger partial charge in [0.25, 0.3) is 15.7 Å². The van der Waals surface area contributed by atoms with Crippen molar-refractivity contribution >= 4 is 33.3 Å². The highest BCUT2D eigenvalue weighted by atomic mass is 32.2. The van der Waals surface area contributed by atoms with Crippen LogP contribution in [-0.4, -0.2) is 19.6 Å². The molecule has 0 fully saturated rings. The van der Waals surface area contributed by atoms with E-state index in [1.165, 1.54) is 12.1 Å². The summed E-state index contributed by atoms with van der Waals surface area (Å²) in [6.07, 6.45) is 0.238. The molecule has 0 spiro atoms. The molecule has 0 radical (unpaired) electrons. The molecule has 0 atom stereocenters. The maximum Gasteiger partial charge on any atom is 0.295 e. The number of anilines is 2. The first-order valence-electron chi connectivity index (χ1n) is 8.69. The standard InChI is InChI=1S/C19H11F5N4O4S/c20-15-12(16(21)18(23)19(24)17(15)22)9-25-26-13-7-6-11(8-14(13)28(29)30)33(31,32)27-10-4-2-1-3-5-10/h1-9,26-27H/b25-9+. The summed E-state index contributed by atoms with van der Waals surface area (Å²) < 4.78 is 94.1. The molecule has 3 aromatic rings. The van der Waals surface area contributed by atoms with E-state index < -0.39 is 65.9 Å². The average Bonchev–Trinajstić information content (AvgIpc) is 2.79. The predicted molar refractivity (Wildman–Crippen MR) is 108 cm³/mol. The Labute approximate surface area is 182 Å². The van der Waals surface area contributed by atoms with Gasteiger partial charge in [-0.05, 0) is 24.3 Å². The van der Waals surface area contributed by atoms with Crippen molar-refractivity contribution in [1.29, 1.82) is 0 Å². The van der Waals surface area contributed by atoms with Crippen LogP contribution >= 0.6 is 0 Å². The van der Waals surface area contributed by atoms with Gasteiger partial charge < -0.3 is 0 Å². The molecule has 3 aromatic carbocycles. The van der Waals surface area contributed by atoms with Gasteiger partial charge in [0, 0.05) is 11.8 Å². The molecule has 0 amide bonds. The number of nitrogens with zero attached hydrogens (tertiary/aromatic N) is 2. The number of sulfonamides is 1. The van der Waals surface area contributed by atoms with E-state index in [1.807, 2.05) is 5.43 Å². The Morgan fingerprint density at radius 1 is 0.879 bits per heavy atom. The number of hydrogen-bond acceptors (Lipinski definition) is 6. The van der Waals surface area contributed by atoms with E-state index in [0.29, 0.717) is 6.07 Å². The summed E-state index contributed by atoms with van der Waals surface area (Å²) in [7, 11) is -4.21. The molecule has 3 rings (SSSR count). The van der Waals surface area contributed by atoms with Gasteiger partial charge in [-0.3, -0.25) is 20.3 Å². The molecule has 8 nitrogen and oxygen atoms in total. The normalized spacial score (nSPS) is 11.5. The van der Waals surface area contributed by atoms with Crippen LogP contribution in [0.1, 0.15) is 5.56 Å². The minimum Gasteiger partial charge on any atom is -0.280 e. The highest BCUT2D eigenvalue weighted by molar-refractivity contribution is 7.92. The fraction of sp³-hybridized carbons (Fsp3) is 0. The Bertz CT molecular complexity index is 1340. The van der Waals surface area contributed by atoms with Gasteiger partial charge in [-0.15, -0.1) is 0 Å². The number of para-hydroxylation sites is 1. The third-order valence-electron chi connectivity index (χ3n) is 4.12. The molecule has 14 heteroatoms. The van der Waals surface area contributed by atoms with Crippen molar-refractivity contribution in [2.75, 3.05) is 10.1 Å². The van der Waals surface area contributed by atoms with Crippen molar-refractivity contribution in [3.05, 3.63) is 93.3 Å². The van der Waals surface area contributed by atoms with Crippen LogP contribution < -0.4 is 10.1 Å². The number of nitro groups is 1. The quantitative estimate of drug-likeness (QED) is 0.127. The molecule has 0 saturated heterocycles. The third-order valence-corrected chi connectivity index (χ3v) is 5.50. The Morgan fingerprint density at radius 3 is 2.03 bits per heavy atom. The summed E-state index contributed by atoms with van der Waals surface area (Å²) in [6, 6.07) is 10.3. The molecule has 0 bridgehead atoms. The maximum absolute atomic E-state index is 13.7. The van der Waals surface area contributed by atoms with Crippen molar-refractivity contribution in [2.24, 2.45) is 5.10 Å². The molecular formula is C19H11F5N4O4S. The topological polar surface area (TPSA) is 114 Å². The first-order valence-corrected chi connectivity index (χ1v) is 10.2. The van der Waals surface area contributed by atoms with E-state index in [4.69, 9.17) is 0 Å². The molecule has 0 aliphatic heterocycles. The minimum atomic E-state index is -4.21. The summed E-state index contributed by atoms with van der Waals surface area (Å²) in [5.41, 5.74) is -0.367. The molecule has 2 N–H and O–H groups in total. The van der Waals surface area contributed by atoms with Crippen molar-refractivity contribution in [1.82, 2.24) is 0 Å². The first kappa shape index (κ1) is 23.6. The number of hydrazone groups is 1. The van der Waals surface area contributed by atoms with E-state index in [1.54, 1.807) is 18.2 Å². The van der Waals surface area contributed by atoms with Crippen LogP contribution in [0.4, 0.5) is 39.0 Å². The lowest BCUT2D eigenvalue weighted by molar-refractivity contribution is -0.384. The van der Waals surface area contributed by atoms with Crippen LogP contribution in [0.3, 0.4) is 0 Å². The highest BCUT2D eigenvalue weighted by Gasteiger charge is 2.25. The van der Waals surface area contributed by atoms with Crippen LogP contribution in [0.2, 0.25) is 0 Å². The molecule has 0 aromatic heterocycles. The molecule has 0 aliphatic carbocycles. The number of halogens is 5. The summed E-state index contributed by atoms with van der Waals surface area (Å²) in [4.78, 5) is 9.93. The summed E-state index contributed by atoms with van der Waals surface area (Å²) in [5, 5.41) is 14.6. The fourth-order valence-corrected chi connectivity index (χ4v) is 3.62. The summed E-state index contributed by atoms with van der Waals surface area (Å²) in [6.45, 7) is 0. The highest BCUT2D eigenvalue weighted by Crippen LogP contribution is 2.29. The number of hydrogen-bond donors (Lipinski definition) is 2. The van der Waals surface area contributed by atoms with E-state index in [2.05, 4.69) is 9.82 Å². The molecule has 0 heterocycles. The van der Waals surface area contributed by atoms with E-state index in [0.717, 1.165) is 12.1 Å². The van der Waals surface area contributed by atoms with E-state index >= 15 is 0 Å². The van der Waals surface area contributed by atoms with Gasteiger partial charge in [-0.1, -0.05) is 18.2 Å². The number of nitrogens with one attached hydrogen (secondary N) is 2. The van der Waals surface area contributed by atoms with Crippen LogP contribution in [0.15, 0.2) is 58.5 Å². The van der Waals surface area contributed by atoms with Gasteiger partial charge in [-0.2, -0.15) is 5.10 Å². The van der Waals surface area contributed by atoms with Gasteiger partial charge in [-0.25, -0.2) is 30.4 Å². The smallest absolute Gasteiger partial charge is 0.280 e. The van der Waals surface area contributed by atoms with Gasteiger partial charge in [0.05, 0.1) is 21.6 Å². The summed E-state index contributed by atoms with van der Waals surface area (Å²) >= 11 is 0. The van der Waals surface area contributed by atoms with Crippen LogP contribution in [0, 0.1) is 39.2 Å². The second kappa shape index (κ2) is 9.20. The van der Waals surface area contributed by atoms with Crippen molar-refractivity contribution in [3.8, 4) is 0 Å². The first-order chi connectivity index (χ1) is 15.5. The van der Waals surface area contributed by atoms with Crippen molar-refractivity contribution in [3.63, 3.8) is 0 Å². The van der Waals surface area contributed by atoms with Crippen molar-refractivity contribution in [2.45, 2.75) is 4.90 Å². The van der Waals surface area contributed by atoms with E-state index in [9.17, 15) is 40.5 Å². The molecule has 0 unspecified atom stereocenters. The Morgan fingerprint density at radius 2 is 1.45 bits per heavy atom. The molecule has 33 heavy (non-hydrogen) atoms. The number of benzene rings is 3. The predicted octanol–water partition coefficient (Wildman–Crippen LogP) is 4.54. The van der Waals surface area contributed by atoms with Crippen LogP contribution in [0.5, 0.6) is 0 Å². The second-order valence-corrected chi connectivity index (χ2v) is 7.94. The summed E-state index contributed by atoms with van der Waals surface area (Å²) in [5.74, 6) is -11.0. The third kappa shape index (κ3) is 4.90. The van der Waals surface area contributed by atoms with Gasteiger partial charge in [0.1, 0.15) is 5.69 Å². The monoisotopic (exact) mass is 486 g/mol. The Hall–Kier alpha value is -4.07. The molecule has 0 aliphatic rings. The Kier molecular flexibility index (Phi) is 6.57. The molecule has 0 saturated carbocycles. The zero-order valence-electron chi connectivity index (χ0n) is 16.0. The van der Waals surface area contributed by atoms with Gasteiger partial charge in [0.15, 0.2) is 23.3 Å². The van der Waals surface area contributed by atoms with Crippen molar-refractivity contribution < 1.29 is 35.3 Å². The number of nitro benzene ring substituents is 1. The zero-order valence-corrected chi connectivity index (χ0v) is 16.8. The second-order valence-electron chi connectivity index (χ2n) is 6.26. The lowest BCUT2D eigenvalue weighted by atomic mass is 10.2. The lowest BCUT2D eigenvalue weighted by Gasteiger charge is -2.09. The average molecular weight is 486 g/mol. The molecular weight excluding hydrogens is 475 g/mol. The van der Waals surface area contributed by atoms with Crippen LogP contribution in [0.25, 0.3) is 0 Å².